The first-order valence-electron chi connectivity index (χ1n) is 25.3. The fourth-order valence-corrected chi connectivity index (χ4v) is 8.57. The Bertz CT molecular complexity index is 1700. The fourth-order valence-electron chi connectivity index (χ4n) is 8.57. The monoisotopic (exact) mass is 939 g/mol. The number of nitrogens with one attached hydrogen (secondary N) is 2. The molecule has 1 fully saturated rings. The second-order valence-corrected chi connectivity index (χ2v) is 17.8. The number of esters is 3. The number of unbranched alkanes of at least 4 members (excludes halogenated alkanes) is 18. The minimum Gasteiger partial charge on any atom is -0.461 e. The maximum atomic E-state index is 15.1. The van der Waals surface area contributed by atoms with Crippen molar-refractivity contribution in [3.8, 4) is 0 Å². The number of rotatable bonds is 36. The van der Waals surface area contributed by atoms with Crippen LogP contribution in [0.15, 0.2) is 60.7 Å². The smallest absolute Gasteiger partial charge is 0.342 e. The van der Waals surface area contributed by atoms with E-state index in [2.05, 4.69) is 24.5 Å². The van der Waals surface area contributed by atoms with Gasteiger partial charge in [0.1, 0.15) is 38.4 Å². The molecule has 0 aliphatic carbocycles. The summed E-state index contributed by atoms with van der Waals surface area (Å²) in [4.78, 5) is 70.1. The Morgan fingerprint density at radius 3 is 1.55 bits per heavy atom. The van der Waals surface area contributed by atoms with Crippen LogP contribution in [0.3, 0.4) is 0 Å². The summed E-state index contributed by atoms with van der Waals surface area (Å²) in [6.07, 6.45) is 14.7. The van der Waals surface area contributed by atoms with Gasteiger partial charge in [-0.1, -0.05) is 190 Å². The average Bonchev–Trinajstić information content (AvgIpc) is 3.33. The number of amides is 2. The predicted molar refractivity (Wildman–Crippen MR) is 256 cm³/mol. The molecule has 67 heavy (non-hydrogen) atoms. The molecule has 2 aromatic rings. The molecule has 4 N–H and O–H groups in total. The van der Waals surface area contributed by atoms with Crippen molar-refractivity contribution in [2.45, 2.75) is 211 Å². The summed E-state index contributed by atoms with van der Waals surface area (Å²) in [7, 11) is 0. The normalized spacial score (nSPS) is 20.2. The third kappa shape index (κ3) is 20.0. The van der Waals surface area contributed by atoms with Crippen molar-refractivity contribution in [2.24, 2.45) is 0 Å². The van der Waals surface area contributed by atoms with E-state index >= 15 is 4.79 Å². The van der Waals surface area contributed by atoms with Gasteiger partial charge in [-0.05, 0) is 30.9 Å². The van der Waals surface area contributed by atoms with Crippen molar-refractivity contribution in [3.05, 3.63) is 71.8 Å². The molecule has 14 nitrogen and oxygen atoms in total. The van der Waals surface area contributed by atoms with Crippen molar-refractivity contribution in [2.75, 3.05) is 19.8 Å². The molecule has 376 valence electrons. The van der Waals surface area contributed by atoms with Crippen LogP contribution < -0.4 is 10.6 Å². The first-order chi connectivity index (χ1) is 32.5. The number of carbonyl (C=O) groups excluding carboxylic acids is 5. The van der Waals surface area contributed by atoms with Gasteiger partial charge in [-0.15, -0.1) is 0 Å². The summed E-state index contributed by atoms with van der Waals surface area (Å²) >= 11 is 0. The number of hydrogen-bond donors (Lipinski definition) is 4. The number of aliphatic hydroxyl groups excluding tert-OH is 2. The lowest BCUT2D eigenvalue weighted by Gasteiger charge is -2.56. The van der Waals surface area contributed by atoms with Gasteiger partial charge in [0, 0.05) is 19.4 Å². The van der Waals surface area contributed by atoms with Gasteiger partial charge in [0.2, 0.25) is 23.1 Å². The van der Waals surface area contributed by atoms with Crippen LogP contribution in [0.25, 0.3) is 0 Å². The van der Waals surface area contributed by atoms with Crippen LogP contribution in [-0.4, -0.2) is 89.3 Å². The van der Waals surface area contributed by atoms with E-state index in [9.17, 15) is 29.4 Å². The van der Waals surface area contributed by atoms with Crippen molar-refractivity contribution >= 4 is 29.7 Å². The highest BCUT2D eigenvalue weighted by Gasteiger charge is 2.73. The Morgan fingerprint density at radius 1 is 0.612 bits per heavy atom. The van der Waals surface area contributed by atoms with E-state index in [1.807, 2.05) is 6.07 Å². The third-order valence-corrected chi connectivity index (χ3v) is 12.3. The standard InChI is InChI=1S/C53H82N2O12/c1-4-7-9-11-13-15-16-18-20-22-30-36-46(58)55-53(51(62)64-41-43-33-27-24-28-34-43)50(66-48(60)38-54-45(57)35-29-21-19-17-14-12-10-8-5-2)49(61)44(39-56)67-52(53,65-6-3)37-47(59)63-40-42-31-25-23-26-32-42/h23-28,31-34,44,49-50,56,61H,4-22,29-30,35-41H2,1-3H3,(H,54,57)(H,55,58)/t44-,49-,50+,52+,53+/m1/s1. The Morgan fingerprint density at radius 2 is 1.07 bits per heavy atom. The molecule has 1 aliphatic heterocycles. The topological polar surface area (TPSA) is 196 Å². The average molecular weight is 939 g/mol. The zero-order valence-corrected chi connectivity index (χ0v) is 40.8. The van der Waals surface area contributed by atoms with Crippen LogP contribution in [0.5, 0.6) is 0 Å². The van der Waals surface area contributed by atoms with E-state index < -0.39 is 73.0 Å². The second-order valence-electron chi connectivity index (χ2n) is 17.8. The summed E-state index contributed by atoms with van der Waals surface area (Å²) in [5.41, 5.74) is -1.54. The molecular weight excluding hydrogens is 857 g/mol. The second kappa shape index (κ2) is 33.2. The van der Waals surface area contributed by atoms with Crippen LogP contribution in [0.4, 0.5) is 0 Å². The molecule has 0 aromatic heterocycles. The van der Waals surface area contributed by atoms with E-state index in [4.69, 9.17) is 23.7 Å². The molecule has 3 rings (SSSR count). The SMILES string of the molecule is CCCCCCCCCCCCCC(=O)N[C@]1(C(=O)OCc2ccccc2)[C@@H](OC(=O)CNC(=O)CCCCCCCCCCC)[C@H](O)[C@@H](CO)O[C@]1(CC(=O)OCc1ccccc1)OCC. The van der Waals surface area contributed by atoms with Crippen LogP contribution in [0.1, 0.15) is 180 Å². The Kier molecular flexibility index (Phi) is 28.2. The molecule has 1 aliphatic rings. The zero-order valence-electron chi connectivity index (χ0n) is 40.8. The summed E-state index contributed by atoms with van der Waals surface area (Å²) in [6.45, 7) is 3.72. The Hall–Kier alpha value is -4.37. The summed E-state index contributed by atoms with van der Waals surface area (Å²) in [6, 6.07) is 17.6. The molecule has 2 amide bonds. The lowest BCUT2D eigenvalue weighted by Crippen LogP contribution is -2.83. The van der Waals surface area contributed by atoms with Gasteiger partial charge < -0.3 is 44.5 Å². The fraction of sp³-hybridized carbons (Fsp3) is 0.679. The van der Waals surface area contributed by atoms with E-state index in [0.29, 0.717) is 24.0 Å². The van der Waals surface area contributed by atoms with Gasteiger partial charge in [-0.25, -0.2) is 4.79 Å². The maximum absolute atomic E-state index is 15.1. The van der Waals surface area contributed by atoms with Crippen LogP contribution in [0, 0.1) is 0 Å². The molecule has 0 radical (unpaired) electrons. The molecule has 2 aromatic carbocycles. The predicted octanol–water partition coefficient (Wildman–Crippen LogP) is 8.85. The van der Waals surface area contributed by atoms with Crippen molar-refractivity contribution < 1.29 is 57.9 Å². The van der Waals surface area contributed by atoms with E-state index in [-0.39, 0.29) is 38.6 Å². The van der Waals surface area contributed by atoms with Gasteiger partial charge >= 0.3 is 17.9 Å². The lowest BCUT2D eigenvalue weighted by molar-refractivity contribution is -0.358. The molecule has 0 saturated carbocycles. The van der Waals surface area contributed by atoms with Gasteiger partial charge in [-0.3, -0.25) is 19.2 Å². The number of benzene rings is 2. The Balaban J connectivity index is 1.93. The number of carbonyl (C=O) groups is 5. The molecule has 0 bridgehead atoms. The lowest BCUT2D eigenvalue weighted by atomic mass is 9.74. The van der Waals surface area contributed by atoms with Crippen molar-refractivity contribution in [1.29, 1.82) is 0 Å². The number of aliphatic hydroxyl groups is 2. The molecular formula is C53H82N2O12. The van der Waals surface area contributed by atoms with Gasteiger partial charge in [-0.2, -0.15) is 0 Å². The highest BCUT2D eigenvalue weighted by Crippen LogP contribution is 2.45. The molecule has 14 heteroatoms. The highest BCUT2D eigenvalue weighted by molar-refractivity contribution is 5.92. The van der Waals surface area contributed by atoms with E-state index in [0.717, 1.165) is 57.8 Å². The largest absolute Gasteiger partial charge is 0.461 e. The highest BCUT2D eigenvalue weighted by atomic mass is 16.7. The quantitative estimate of drug-likeness (QED) is 0.0288. The molecule has 1 saturated heterocycles. The Labute approximate surface area is 400 Å². The maximum Gasteiger partial charge on any atom is 0.342 e. The van der Waals surface area contributed by atoms with Crippen molar-refractivity contribution in [1.82, 2.24) is 10.6 Å². The van der Waals surface area contributed by atoms with Gasteiger partial charge in [0.05, 0.1) is 6.61 Å². The number of hydrogen-bond acceptors (Lipinski definition) is 12. The van der Waals surface area contributed by atoms with Crippen LogP contribution in [-0.2, 0) is 60.9 Å². The summed E-state index contributed by atoms with van der Waals surface area (Å²) in [5, 5.41) is 27.9. The van der Waals surface area contributed by atoms with Crippen LogP contribution in [0.2, 0.25) is 0 Å². The van der Waals surface area contributed by atoms with E-state index in [1.54, 1.807) is 61.5 Å². The first kappa shape index (κ1) is 57.0. The van der Waals surface area contributed by atoms with E-state index in [1.165, 1.54) is 57.8 Å². The zero-order chi connectivity index (χ0) is 48.6. The van der Waals surface area contributed by atoms with Gasteiger partial charge in [0.15, 0.2) is 6.10 Å². The molecule has 0 unspecified atom stereocenters. The third-order valence-electron chi connectivity index (χ3n) is 12.3. The number of ether oxygens (including phenoxy) is 5. The van der Waals surface area contributed by atoms with Crippen LogP contribution >= 0.6 is 0 Å². The van der Waals surface area contributed by atoms with Gasteiger partial charge in [0.25, 0.3) is 0 Å². The summed E-state index contributed by atoms with van der Waals surface area (Å²) in [5.74, 6) is -6.90. The van der Waals surface area contributed by atoms with Crippen molar-refractivity contribution in [3.63, 3.8) is 0 Å². The minimum atomic E-state index is -2.76. The molecule has 1 heterocycles. The summed E-state index contributed by atoms with van der Waals surface area (Å²) < 4.78 is 30.1. The first-order valence-corrected chi connectivity index (χ1v) is 25.3. The minimum absolute atomic E-state index is 0.0828. The molecule has 5 atom stereocenters. The molecule has 0 spiro atoms.